The largest absolute Gasteiger partial charge is 0.494 e. The molecule has 1 aromatic rings. The number of hydrogen-bond acceptors (Lipinski definition) is 3. The highest BCUT2D eigenvalue weighted by Crippen LogP contribution is 2.16. The van der Waals surface area contributed by atoms with Crippen LogP contribution in [0.15, 0.2) is 24.3 Å². The third kappa shape index (κ3) is 10.6. The first kappa shape index (κ1) is 21.2. The standard InChI is InChI=1S/C21H32O4/c1-2-3-4-7-10-17-25-19-15-13-18(14-16-19)20(22)11-8-5-6-9-12-21(23)24/h13-16H,2-12,17H2,1H3,(H,23,24). The molecule has 0 amide bonds. The second-order valence-corrected chi connectivity index (χ2v) is 6.52. The maximum absolute atomic E-state index is 12.1. The molecule has 0 spiro atoms. The SMILES string of the molecule is CCCCCCCOc1ccc(C(=O)CCCCCCC(=O)O)cc1. The number of Topliss-reactive ketones (excluding diaryl/α,β-unsaturated/α-hetero) is 1. The fraction of sp³-hybridized carbons (Fsp3) is 0.619. The van der Waals surface area contributed by atoms with Gasteiger partial charge in [0.05, 0.1) is 6.61 Å². The molecule has 0 aromatic heterocycles. The van der Waals surface area contributed by atoms with Crippen LogP contribution in [0.25, 0.3) is 0 Å². The average Bonchev–Trinajstić information content (AvgIpc) is 2.61. The van der Waals surface area contributed by atoms with Gasteiger partial charge in [-0.05, 0) is 43.5 Å². The predicted octanol–water partition coefficient (Wildman–Crippen LogP) is 5.64. The van der Waals surface area contributed by atoms with Crippen molar-refractivity contribution in [1.29, 1.82) is 0 Å². The highest BCUT2D eigenvalue weighted by Gasteiger charge is 2.06. The Balaban J connectivity index is 2.17. The van der Waals surface area contributed by atoms with Crippen molar-refractivity contribution in [2.75, 3.05) is 6.61 Å². The van der Waals surface area contributed by atoms with Gasteiger partial charge in [0.25, 0.3) is 0 Å². The summed E-state index contributed by atoms with van der Waals surface area (Å²) in [6.45, 7) is 2.94. The second-order valence-electron chi connectivity index (χ2n) is 6.52. The van der Waals surface area contributed by atoms with Crippen molar-refractivity contribution in [1.82, 2.24) is 0 Å². The quantitative estimate of drug-likeness (QED) is 0.329. The average molecular weight is 348 g/mol. The third-order valence-electron chi connectivity index (χ3n) is 4.24. The lowest BCUT2D eigenvalue weighted by Crippen LogP contribution is -2.01. The van der Waals surface area contributed by atoms with E-state index < -0.39 is 5.97 Å². The van der Waals surface area contributed by atoms with Crippen molar-refractivity contribution >= 4 is 11.8 Å². The molecule has 0 radical (unpaired) electrons. The highest BCUT2D eigenvalue weighted by molar-refractivity contribution is 5.96. The Labute approximate surface area is 151 Å². The first-order valence-electron chi connectivity index (χ1n) is 9.61. The zero-order chi connectivity index (χ0) is 18.3. The van der Waals surface area contributed by atoms with Crippen molar-refractivity contribution in [3.05, 3.63) is 29.8 Å². The van der Waals surface area contributed by atoms with Crippen molar-refractivity contribution < 1.29 is 19.4 Å². The first-order chi connectivity index (χ1) is 12.1. The summed E-state index contributed by atoms with van der Waals surface area (Å²) >= 11 is 0. The van der Waals surface area contributed by atoms with E-state index in [0.717, 1.165) is 43.6 Å². The number of benzene rings is 1. The number of carbonyl (C=O) groups excluding carboxylic acids is 1. The van der Waals surface area contributed by atoms with Crippen LogP contribution in [0.4, 0.5) is 0 Å². The molecule has 1 aromatic carbocycles. The van der Waals surface area contributed by atoms with Gasteiger partial charge in [-0.15, -0.1) is 0 Å². The lowest BCUT2D eigenvalue weighted by Gasteiger charge is -2.07. The van der Waals surface area contributed by atoms with Gasteiger partial charge in [0.2, 0.25) is 0 Å². The summed E-state index contributed by atoms with van der Waals surface area (Å²) in [5, 5.41) is 8.57. The Kier molecular flexibility index (Phi) is 11.4. The summed E-state index contributed by atoms with van der Waals surface area (Å²) in [6, 6.07) is 7.40. The van der Waals surface area contributed by atoms with Gasteiger partial charge in [0.15, 0.2) is 5.78 Å². The number of ether oxygens (including phenoxy) is 1. The molecule has 140 valence electrons. The Hall–Kier alpha value is -1.84. The number of ketones is 1. The van der Waals surface area contributed by atoms with E-state index in [4.69, 9.17) is 9.84 Å². The van der Waals surface area contributed by atoms with E-state index in [0.29, 0.717) is 12.8 Å². The zero-order valence-electron chi connectivity index (χ0n) is 15.5. The molecular weight excluding hydrogens is 316 g/mol. The van der Waals surface area contributed by atoms with Crippen LogP contribution >= 0.6 is 0 Å². The van der Waals surface area contributed by atoms with E-state index in [2.05, 4.69) is 6.92 Å². The fourth-order valence-electron chi connectivity index (χ4n) is 2.69. The summed E-state index contributed by atoms with van der Waals surface area (Å²) < 4.78 is 5.71. The Morgan fingerprint density at radius 3 is 2.08 bits per heavy atom. The van der Waals surface area contributed by atoms with Gasteiger partial charge in [0.1, 0.15) is 5.75 Å². The number of hydrogen-bond donors (Lipinski definition) is 1. The monoisotopic (exact) mass is 348 g/mol. The molecule has 0 heterocycles. The van der Waals surface area contributed by atoms with Crippen LogP contribution in [0, 0.1) is 0 Å². The van der Waals surface area contributed by atoms with E-state index in [1.165, 1.54) is 25.7 Å². The Bertz CT molecular complexity index is 493. The predicted molar refractivity (Wildman–Crippen MR) is 100 cm³/mol. The zero-order valence-corrected chi connectivity index (χ0v) is 15.5. The summed E-state index contributed by atoms with van der Waals surface area (Å²) in [5.74, 6) is 0.212. The second kappa shape index (κ2) is 13.5. The molecule has 1 rings (SSSR count). The number of rotatable bonds is 15. The molecule has 4 nitrogen and oxygen atoms in total. The van der Waals surface area contributed by atoms with Crippen LogP contribution in [-0.4, -0.2) is 23.5 Å². The van der Waals surface area contributed by atoms with Gasteiger partial charge in [-0.3, -0.25) is 9.59 Å². The molecule has 0 aliphatic rings. The number of aliphatic carboxylic acids is 1. The smallest absolute Gasteiger partial charge is 0.303 e. The molecule has 1 N–H and O–H groups in total. The van der Waals surface area contributed by atoms with Gasteiger partial charge in [0, 0.05) is 18.4 Å². The number of carboxylic acids is 1. The molecular formula is C21H32O4. The highest BCUT2D eigenvalue weighted by atomic mass is 16.5. The molecule has 0 saturated carbocycles. The first-order valence-corrected chi connectivity index (χ1v) is 9.61. The van der Waals surface area contributed by atoms with Crippen LogP contribution in [0.1, 0.15) is 87.9 Å². The maximum Gasteiger partial charge on any atom is 0.303 e. The molecule has 25 heavy (non-hydrogen) atoms. The van der Waals surface area contributed by atoms with E-state index in [1.54, 1.807) is 0 Å². The van der Waals surface area contributed by atoms with Crippen LogP contribution < -0.4 is 4.74 Å². The molecule has 4 heteroatoms. The van der Waals surface area contributed by atoms with Crippen LogP contribution in [0.2, 0.25) is 0 Å². The van der Waals surface area contributed by atoms with E-state index in [1.807, 2.05) is 24.3 Å². The van der Waals surface area contributed by atoms with Crippen LogP contribution in [0.5, 0.6) is 5.75 Å². The van der Waals surface area contributed by atoms with E-state index in [9.17, 15) is 9.59 Å². The topological polar surface area (TPSA) is 63.6 Å². The van der Waals surface area contributed by atoms with Crippen molar-refractivity contribution in [2.45, 2.75) is 77.6 Å². The third-order valence-corrected chi connectivity index (χ3v) is 4.24. The van der Waals surface area contributed by atoms with Crippen LogP contribution in [0.3, 0.4) is 0 Å². The van der Waals surface area contributed by atoms with Gasteiger partial charge < -0.3 is 9.84 Å². The minimum atomic E-state index is -0.751. The molecule has 0 atom stereocenters. The Morgan fingerprint density at radius 2 is 1.44 bits per heavy atom. The summed E-state index contributed by atoms with van der Waals surface area (Å²) in [5.41, 5.74) is 0.723. The van der Waals surface area contributed by atoms with E-state index >= 15 is 0 Å². The van der Waals surface area contributed by atoms with Gasteiger partial charge in [-0.25, -0.2) is 0 Å². The normalized spacial score (nSPS) is 10.6. The number of unbranched alkanes of at least 4 members (excludes halogenated alkanes) is 7. The number of carboxylic acid groups (broad SMARTS) is 1. The summed E-state index contributed by atoms with van der Waals surface area (Å²) in [7, 11) is 0. The molecule has 0 bridgehead atoms. The van der Waals surface area contributed by atoms with Gasteiger partial charge >= 0.3 is 5.97 Å². The molecule has 0 saturated heterocycles. The fourth-order valence-corrected chi connectivity index (χ4v) is 2.69. The van der Waals surface area contributed by atoms with Crippen LogP contribution in [-0.2, 0) is 4.79 Å². The minimum absolute atomic E-state index is 0.143. The molecule has 0 aliphatic carbocycles. The van der Waals surface area contributed by atoms with Crippen molar-refractivity contribution in [3.8, 4) is 5.75 Å². The van der Waals surface area contributed by atoms with Gasteiger partial charge in [-0.2, -0.15) is 0 Å². The Morgan fingerprint density at radius 1 is 0.840 bits per heavy atom. The molecule has 0 aliphatic heterocycles. The minimum Gasteiger partial charge on any atom is -0.494 e. The summed E-state index contributed by atoms with van der Waals surface area (Å²) in [4.78, 5) is 22.5. The van der Waals surface area contributed by atoms with Gasteiger partial charge in [-0.1, -0.05) is 45.4 Å². The van der Waals surface area contributed by atoms with Crippen molar-refractivity contribution in [3.63, 3.8) is 0 Å². The molecule has 0 fully saturated rings. The molecule has 0 unspecified atom stereocenters. The van der Waals surface area contributed by atoms with E-state index in [-0.39, 0.29) is 12.2 Å². The lowest BCUT2D eigenvalue weighted by molar-refractivity contribution is -0.137. The lowest BCUT2D eigenvalue weighted by atomic mass is 10.0. The summed E-state index contributed by atoms with van der Waals surface area (Å²) in [6.07, 6.45) is 10.1. The van der Waals surface area contributed by atoms with Crippen molar-refractivity contribution in [2.24, 2.45) is 0 Å². The maximum atomic E-state index is 12.1. The number of carbonyl (C=O) groups is 2.